The summed E-state index contributed by atoms with van der Waals surface area (Å²) in [5.74, 6) is 0.877. The molecule has 2 heterocycles. The molecule has 1 aromatic heterocycles. The Labute approximate surface area is 103 Å². The summed E-state index contributed by atoms with van der Waals surface area (Å²) >= 11 is 0. The first kappa shape index (κ1) is 12.6. The smallest absolute Gasteiger partial charge is 0.195 e. The van der Waals surface area contributed by atoms with Crippen LogP contribution in [0.15, 0.2) is 10.7 Å². The van der Waals surface area contributed by atoms with Gasteiger partial charge >= 0.3 is 0 Å². The topological polar surface area (TPSA) is 55.3 Å². The van der Waals surface area contributed by atoms with Crippen LogP contribution in [0.3, 0.4) is 0 Å². The normalized spacial score (nSPS) is 17.5. The van der Waals surface area contributed by atoms with Gasteiger partial charge in [-0.25, -0.2) is 4.98 Å². The van der Waals surface area contributed by atoms with E-state index in [0.717, 1.165) is 43.9 Å². The molecular weight excluding hydrogens is 214 g/mol. The van der Waals surface area contributed by atoms with Crippen LogP contribution in [0, 0.1) is 0 Å². The highest BCUT2D eigenvalue weighted by molar-refractivity contribution is 4.97. The summed E-state index contributed by atoms with van der Waals surface area (Å²) in [7, 11) is 0. The third-order valence-corrected chi connectivity index (χ3v) is 3.33. The molecule has 0 bridgehead atoms. The molecule has 96 valence electrons. The third-order valence-electron chi connectivity index (χ3n) is 3.33. The first-order chi connectivity index (χ1) is 8.38. The number of hydrogen-bond donors (Lipinski definition) is 1. The van der Waals surface area contributed by atoms with Gasteiger partial charge in [-0.3, -0.25) is 0 Å². The Morgan fingerprint density at radius 2 is 2.06 bits per heavy atom. The molecule has 0 unspecified atom stereocenters. The van der Waals surface area contributed by atoms with Gasteiger partial charge in [0.05, 0.1) is 5.69 Å². The van der Waals surface area contributed by atoms with Crippen molar-refractivity contribution in [1.29, 1.82) is 0 Å². The number of piperidine rings is 1. The van der Waals surface area contributed by atoms with Gasteiger partial charge in [-0.15, -0.1) is 0 Å². The lowest BCUT2D eigenvalue weighted by Gasteiger charge is -2.25. The van der Waals surface area contributed by atoms with Crippen molar-refractivity contribution >= 4 is 0 Å². The van der Waals surface area contributed by atoms with Crippen LogP contribution in [0.1, 0.15) is 37.3 Å². The summed E-state index contributed by atoms with van der Waals surface area (Å²) < 4.78 is 5.47. The van der Waals surface area contributed by atoms with E-state index in [1.807, 2.05) is 0 Å². The Bertz CT molecular complexity index is 318. The van der Waals surface area contributed by atoms with Crippen molar-refractivity contribution < 1.29 is 4.42 Å². The summed E-state index contributed by atoms with van der Waals surface area (Å²) in [4.78, 5) is 6.99. The van der Waals surface area contributed by atoms with Gasteiger partial charge in [-0.2, -0.15) is 0 Å². The summed E-state index contributed by atoms with van der Waals surface area (Å²) in [6.45, 7) is 4.27. The minimum absolute atomic E-state index is 0.718. The SMILES string of the molecule is NCCCc1coc(CCN2CCCCC2)n1. The highest BCUT2D eigenvalue weighted by atomic mass is 16.3. The standard InChI is InChI=1S/C13H23N3O/c14-7-4-5-12-11-17-13(15-12)6-10-16-8-2-1-3-9-16/h11H,1-10,14H2. The van der Waals surface area contributed by atoms with E-state index < -0.39 is 0 Å². The average molecular weight is 237 g/mol. The zero-order valence-corrected chi connectivity index (χ0v) is 10.5. The predicted molar refractivity (Wildman–Crippen MR) is 67.9 cm³/mol. The lowest BCUT2D eigenvalue weighted by Crippen LogP contribution is -2.31. The molecule has 1 aliphatic rings. The van der Waals surface area contributed by atoms with E-state index >= 15 is 0 Å². The molecule has 1 fully saturated rings. The molecule has 1 aromatic rings. The summed E-state index contributed by atoms with van der Waals surface area (Å²) in [6, 6.07) is 0. The second-order valence-corrected chi connectivity index (χ2v) is 4.78. The molecule has 1 saturated heterocycles. The molecule has 0 aliphatic carbocycles. The van der Waals surface area contributed by atoms with Gasteiger partial charge in [0.15, 0.2) is 5.89 Å². The van der Waals surface area contributed by atoms with Crippen molar-refractivity contribution in [2.45, 2.75) is 38.5 Å². The van der Waals surface area contributed by atoms with Crippen LogP contribution < -0.4 is 5.73 Å². The van der Waals surface area contributed by atoms with Crippen molar-refractivity contribution in [1.82, 2.24) is 9.88 Å². The van der Waals surface area contributed by atoms with Crippen molar-refractivity contribution in [2.24, 2.45) is 5.73 Å². The Balaban J connectivity index is 1.72. The Morgan fingerprint density at radius 3 is 2.82 bits per heavy atom. The molecule has 4 nitrogen and oxygen atoms in total. The molecule has 0 amide bonds. The van der Waals surface area contributed by atoms with Crippen LogP contribution in [-0.2, 0) is 12.8 Å². The van der Waals surface area contributed by atoms with E-state index in [1.54, 1.807) is 6.26 Å². The quantitative estimate of drug-likeness (QED) is 0.816. The number of nitrogens with zero attached hydrogens (tertiary/aromatic N) is 2. The van der Waals surface area contributed by atoms with Crippen LogP contribution in [0.25, 0.3) is 0 Å². The predicted octanol–water partition coefficient (Wildman–Crippen LogP) is 1.59. The van der Waals surface area contributed by atoms with Crippen LogP contribution in [0.2, 0.25) is 0 Å². The first-order valence-corrected chi connectivity index (χ1v) is 6.74. The molecule has 4 heteroatoms. The Morgan fingerprint density at radius 1 is 1.24 bits per heavy atom. The number of aryl methyl sites for hydroxylation is 1. The summed E-state index contributed by atoms with van der Waals surface area (Å²) in [5.41, 5.74) is 6.52. The zero-order valence-electron chi connectivity index (χ0n) is 10.5. The molecule has 0 atom stereocenters. The second-order valence-electron chi connectivity index (χ2n) is 4.78. The molecule has 1 aliphatic heterocycles. The number of likely N-dealkylation sites (tertiary alicyclic amines) is 1. The number of oxazole rings is 1. The number of hydrogen-bond acceptors (Lipinski definition) is 4. The fraction of sp³-hybridized carbons (Fsp3) is 0.769. The average Bonchev–Trinajstić information content (AvgIpc) is 2.83. The van der Waals surface area contributed by atoms with Crippen LogP contribution in [0.4, 0.5) is 0 Å². The van der Waals surface area contributed by atoms with E-state index in [-0.39, 0.29) is 0 Å². The van der Waals surface area contributed by atoms with Gasteiger partial charge in [0.1, 0.15) is 6.26 Å². The highest BCUT2D eigenvalue weighted by Crippen LogP contribution is 2.10. The minimum atomic E-state index is 0.718. The Hall–Kier alpha value is -0.870. The third kappa shape index (κ3) is 4.13. The van der Waals surface area contributed by atoms with E-state index in [0.29, 0.717) is 0 Å². The maximum Gasteiger partial charge on any atom is 0.195 e. The van der Waals surface area contributed by atoms with Crippen LogP contribution in [0.5, 0.6) is 0 Å². The minimum Gasteiger partial charge on any atom is -0.449 e. The van der Waals surface area contributed by atoms with Gasteiger partial charge in [-0.05, 0) is 45.3 Å². The lowest BCUT2D eigenvalue weighted by atomic mass is 10.1. The van der Waals surface area contributed by atoms with E-state index in [1.165, 1.54) is 32.4 Å². The summed E-state index contributed by atoms with van der Waals surface area (Å²) in [6.07, 6.45) is 8.70. The van der Waals surface area contributed by atoms with Crippen molar-refractivity contribution in [3.8, 4) is 0 Å². The van der Waals surface area contributed by atoms with Gasteiger partial charge in [0.25, 0.3) is 0 Å². The molecule has 0 saturated carbocycles. The summed E-state index contributed by atoms with van der Waals surface area (Å²) in [5, 5.41) is 0. The maximum atomic E-state index is 5.47. The van der Waals surface area contributed by atoms with Crippen molar-refractivity contribution in [3.63, 3.8) is 0 Å². The van der Waals surface area contributed by atoms with Gasteiger partial charge in [-0.1, -0.05) is 6.42 Å². The molecule has 2 rings (SSSR count). The largest absolute Gasteiger partial charge is 0.449 e. The van der Waals surface area contributed by atoms with Gasteiger partial charge in [0.2, 0.25) is 0 Å². The molecule has 0 spiro atoms. The zero-order chi connectivity index (χ0) is 11.9. The number of nitrogens with two attached hydrogens (primary N) is 1. The first-order valence-electron chi connectivity index (χ1n) is 6.74. The van der Waals surface area contributed by atoms with E-state index in [9.17, 15) is 0 Å². The molecule has 2 N–H and O–H groups in total. The molecule has 0 aromatic carbocycles. The fourth-order valence-electron chi connectivity index (χ4n) is 2.30. The van der Waals surface area contributed by atoms with E-state index in [2.05, 4.69) is 9.88 Å². The van der Waals surface area contributed by atoms with Crippen molar-refractivity contribution in [3.05, 3.63) is 17.8 Å². The van der Waals surface area contributed by atoms with Crippen LogP contribution >= 0.6 is 0 Å². The Kier molecular flexibility index (Phi) is 5.01. The molecular formula is C13H23N3O. The van der Waals surface area contributed by atoms with Crippen molar-refractivity contribution in [2.75, 3.05) is 26.2 Å². The van der Waals surface area contributed by atoms with Crippen LogP contribution in [-0.4, -0.2) is 36.1 Å². The fourth-order valence-corrected chi connectivity index (χ4v) is 2.30. The number of aromatic nitrogens is 1. The lowest BCUT2D eigenvalue weighted by molar-refractivity contribution is 0.226. The number of rotatable bonds is 6. The molecule has 0 radical (unpaired) electrons. The monoisotopic (exact) mass is 237 g/mol. The van der Waals surface area contributed by atoms with Gasteiger partial charge < -0.3 is 15.1 Å². The molecule has 17 heavy (non-hydrogen) atoms. The van der Waals surface area contributed by atoms with Gasteiger partial charge in [0, 0.05) is 13.0 Å². The highest BCUT2D eigenvalue weighted by Gasteiger charge is 2.11. The van der Waals surface area contributed by atoms with E-state index in [4.69, 9.17) is 10.2 Å². The maximum absolute atomic E-state index is 5.47. The second kappa shape index (κ2) is 6.77.